The molecule has 0 saturated carbocycles. The molecule has 0 aromatic heterocycles. The minimum Gasteiger partial charge on any atom is -0.457 e. The SMILES string of the molecule is Cc1cccc(Oc2ccc(NC(=O)CSc3ccc(C)cc3C)cc2)c1. The lowest BCUT2D eigenvalue weighted by Crippen LogP contribution is -2.13. The van der Waals surface area contributed by atoms with Gasteiger partial charge in [-0.15, -0.1) is 11.8 Å². The number of amides is 1. The van der Waals surface area contributed by atoms with Crippen molar-refractivity contribution in [2.75, 3.05) is 11.1 Å². The van der Waals surface area contributed by atoms with Crippen molar-refractivity contribution in [2.45, 2.75) is 25.7 Å². The average Bonchev–Trinajstić information content (AvgIpc) is 2.63. The number of aryl methyl sites for hydroxylation is 3. The summed E-state index contributed by atoms with van der Waals surface area (Å²) in [5.74, 6) is 1.90. The van der Waals surface area contributed by atoms with Gasteiger partial charge in [-0.05, 0) is 74.4 Å². The zero-order valence-electron chi connectivity index (χ0n) is 15.8. The first-order chi connectivity index (χ1) is 13.0. The van der Waals surface area contributed by atoms with E-state index in [1.807, 2.05) is 55.5 Å². The number of rotatable bonds is 6. The summed E-state index contributed by atoms with van der Waals surface area (Å²) < 4.78 is 5.83. The minimum atomic E-state index is -0.0210. The van der Waals surface area contributed by atoms with E-state index in [1.165, 1.54) is 11.1 Å². The largest absolute Gasteiger partial charge is 0.457 e. The molecule has 3 aromatic carbocycles. The van der Waals surface area contributed by atoms with Crippen molar-refractivity contribution >= 4 is 23.4 Å². The Morgan fingerprint density at radius 1 is 0.889 bits per heavy atom. The molecule has 1 amide bonds. The van der Waals surface area contributed by atoms with Crippen LogP contribution in [0.1, 0.15) is 16.7 Å². The number of hydrogen-bond donors (Lipinski definition) is 1. The van der Waals surface area contributed by atoms with Gasteiger partial charge < -0.3 is 10.1 Å². The Hall–Kier alpha value is -2.72. The van der Waals surface area contributed by atoms with Gasteiger partial charge in [-0.3, -0.25) is 4.79 Å². The van der Waals surface area contributed by atoms with E-state index in [0.717, 1.165) is 27.6 Å². The molecule has 0 radical (unpaired) electrons. The summed E-state index contributed by atoms with van der Waals surface area (Å²) in [6.45, 7) is 6.17. The van der Waals surface area contributed by atoms with Gasteiger partial charge in [0.1, 0.15) is 11.5 Å². The normalized spacial score (nSPS) is 10.5. The van der Waals surface area contributed by atoms with Crippen LogP contribution in [0.5, 0.6) is 11.5 Å². The third-order valence-corrected chi connectivity index (χ3v) is 5.23. The van der Waals surface area contributed by atoms with E-state index >= 15 is 0 Å². The van der Waals surface area contributed by atoms with Gasteiger partial charge >= 0.3 is 0 Å². The van der Waals surface area contributed by atoms with Gasteiger partial charge in [0.05, 0.1) is 5.75 Å². The zero-order chi connectivity index (χ0) is 19.2. The Balaban J connectivity index is 1.53. The van der Waals surface area contributed by atoms with Crippen LogP contribution < -0.4 is 10.1 Å². The molecule has 0 atom stereocenters. The number of anilines is 1. The predicted octanol–water partition coefficient (Wildman–Crippen LogP) is 6.13. The predicted molar refractivity (Wildman–Crippen MR) is 113 cm³/mol. The smallest absolute Gasteiger partial charge is 0.234 e. The van der Waals surface area contributed by atoms with Gasteiger partial charge in [-0.25, -0.2) is 0 Å². The molecule has 3 rings (SSSR count). The molecule has 0 bridgehead atoms. The molecular formula is C23H23NO2S. The second-order valence-corrected chi connectivity index (χ2v) is 7.57. The van der Waals surface area contributed by atoms with Crippen LogP contribution in [0, 0.1) is 20.8 Å². The quantitative estimate of drug-likeness (QED) is 0.525. The molecule has 0 aliphatic carbocycles. The lowest BCUT2D eigenvalue weighted by molar-refractivity contribution is -0.113. The lowest BCUT2D eigenvalue weighted by Gasteiger charge is -2.09. The molecule has 0 spiro atoms. The number of ether oxygens (including phenoxy) is 1. The van der Waals surface area contributed by atoms with Crippen molar-refractivity contribution < 1.29 is 9.53 Å². The van der Waals surface area contributed by atoms with E-state index in [-0.39, 0.29) is 5.91 Å². The van der Waals surface area contributed by atoms with E-state index in [2.05, 4.69) is 37.4 Å². The highest BCUT2D eigenvalue weighted by atomic mass is 32.2. The fourth-order valence-corrected chi connectivity index (χ4v) is 3.53. The van der Waals surface area contributed by atoms with Gasteiger partial charge in [-0.2, -0.15) is 0 Å². The van der Waals surface area contributed by atoms with Crippen molar-refractivity contribution in [3.63, 3.8) is 0 Å². The number of carbonyl (C=O) groups is 1. The van der Waals surface area contributed by atoms with Crippen molar-refractivity contribution in [3.05, 3.63) is 83.4 Å². The van der Waals surface area contributed by atoms with Crippen LogP contribution >= 0.6 is 11.8 Å². The Bertz CT molecular complexity index is 935. The van der Waals surface area contributed by atoms with Gasteiger partial charge in [0.15, 0.2) is 0 Å². The second kappa shape index (κ2) is 8.78. The second-order valence-electron chi connectivity index (χ2n) is 6.55. The highest BCUT2D eigenvalue weighted by Gasteiger charge is 2.06. The summed E-state index contributed by atoms with van der Waals surface area (Å²) in [4.78, 5) is 13.4. The van der Waals surface area contributed by atoms with Crippen molar-refractivity contribution in [3.8, 4) is 11.5 Å². The zero-order valence-corrected chi connectivity index (χ0v) is 16.6. The summed E-state index contributed by atoms with van der Waals surface area (Å²) in [6.07, 6.45) is 0. The number of benzene rings is 3. The number of carbonyl (C=O) groups excluding carboxylic acids is 1. The summed E-state index contributed by atoms with van der Waals surface area (Å²) >= 11 is 1.55. The highest BCUT2D eigenvalue weighted by molar-refractivity contribution is 8.00. The monoisotopic (exact) mass is 377 g/mol. The molecule has 0 aliphatic rings. The van der Waals surface area contributed by atoms with Gasteiger partial charge in [0.2, 0.25) is 5.91 Å². The molecule has 138 valence electrons. The summed E-state index contributed by atoms with van der Waals surface area (Å²) in [5, 5.41) is 2.93. The van der Waals surface area contributed by atoms with Crippen LogP contribution in [0.3, 0.4) is 0 Å². The lowest BCUT2D eigenvalue weighted by atomic mass is 10.2. The van der Waals surface area contributed by atoms with Crippen LogP contribution in [0.25, 0.3) is 0 Å². The Labute approximate surface area is 164 Å². The molecule has 0 saturated heterocycles. The molecule has 0 unspecified atom stereocenters. The molecule has 0 heterocycles. The van der Waals surface area contributed by atoms with Gasteiger partial charge in [0, 0.05) is 10.6 Å². The molecule has 0 fully saturated rings. The third-order valence-electron chi connectivity index (χ3n) is 4.05. The summed E-state index contributed by atoms with van der Waals surface area (Å²) in [6, 6.07) is 21.6. The van der Waals surface area contributed by atoms with E-state index in [4.69, 9.17) is 4.74 Å². The maximum Gasteiger partial charge on any atom is 0.234 e. The summed E-state index contributed by atoms with van der Waals surface area (Å²) in [5.41, 5.74) is 4.34. The maximum atomic E-state index is 12.2. The summed E-state index contributed by atoms with van der Waals surface area (Å²) in [7, 11) is 0. The fraction of sp³-hybridized carbons (Fsp3) is 0.174. The van der Waals surface area contributed by atoms with Crippen molar-refractivity contribution in [2.24, 2.45) is 0 Å². The molecule has 0 aliphatic heterocycles. The minimum absolute atomic E-state index is 0.0210. The van der Waals surface area contributed by atoms with Gasteiger partial charge in [0.25, 0.3) is 0 Å². The topological polar surface area (TPSA) is 38.3 Å². The van der Waals surface area contributed by atoms with Crippen LogP contribution in [0.15, 0.2) is 71.6 Å². The van der Waals surface area contributed by atoms with E-state index in [0.29, 0.717) is 5.75 Å². The molecule has 3 aromatic rings. The first kappa shape index (κ1) is 19.1. The third kappa shape index (κ3) is 5.63. The fourth-order valence-electron chi connectivity index (χ4n) is 2.72. The number of thioether (sulfide) groups is 1. The van der Waals surface area contributed by atoms with Gasteiger partial charge in [-0.1, -0.05) is 29.8 Å². The Kier molecular flexibility index (Phi) is 6.20. The van der Waals surface area contributed by atoms with Crippen LogP contribution in [-0.2, 0) is 4.79 Å². The number of hydrogen-bond acceptors (Lipinski definition) is 3. The van der Waals surface area contributed by atoms with Crippen molar-refractivity contribution in [1.82, 2.24) is 0 Å². The Morgan fingerprint density at radius 3 is 2.33 bits per heavy atom. The first-order valence-electron chi connectivity index (χ1n) is 8.84. The van der Waals surface area contributed by atoms with E-state index < -0.39 is 0 Å². The van der Waals surface area contributed by atoms with Crippen LogP contribution in [0.4, 0.5) is 5.69 Å². The standard InChI is InChI=1S/C23H23NO2S/c1-16-5-4-6-21(14-16)26-20-10-8-19(9-11-20)24-23(25)15-27-22-12-7-17(2)13-18(22)3/h4-14H,15H2,1-3H3,(H,24,25). The maximum absolute atomic E-state index is 12.2. The highest BCUT2D eigenvalue weighted by Crippen LogP contribution is 2.25. The van der Waals surface area contributed by atoms with Crippen LogP contribution in [-0.4, -0.2) is 11.7 Å². The Morgan fingerprint density at radius 2 is 1.63 bits per heavy atom. The number of nitrogens with one attached hydrogen (secondary N) is 1. The molecular weight excluding hydrogens is 354 g/mol. The van der Waals surface area contributed by atoms with E-state index in [9.17, 15) is 4.79 Å². The molecule has 1 N–H and O–H groups in total. The molecule has 3 nitrogen and oxygen atoms in total. The van der Waals surface area contributed by atoms with Crippen molar-refractivity contribution in [1.29, 1.82) is 0 Å². The first-order valence-corrected chi connectivity index (χ1v) is 9.83. The average molecular weight is 378 g/mol. The molecule has 27 heavy (non-hydrogen) atoms. The van der Waals surface area contributed by atoms with Crippen LogP contribution in [0.2, 0.25) is 0 Å². The molecule has 4 heteroatoms. The van der Waals surface area contributed by atoms with E-state index in [1.54, 1.807) is 11.8 Å².